The number of hydrogen-bond acceptors (Lipinski definition) is 6. The molecule has 1 aliphatic heterocycles. The van der Waals surface area contributed by atoms with E-state index in [1.807, 2.05) is 78.9 Å². The van der Waals surface area contributed by atoms with E-state index in [2.05, 4.69) is 15.0 Å². The van der Waals surface area contributed by atoms with E-state index >= 15 is 0 Å². The maximum absolute atomic E-state index is 13.9. The lowest BCUT2D eigenvalue weighted by Crippen LogP contribution is -2.47. The number of carbonyl (C=O) groups excluding carboxylic acids is 2. The molecule has 1 aliphatic rings. The summed E-state index contributed by atoms with van der Waals surface area (Å²) in [5.74, 6) is 0.214. The number of amides is 2. The fourth-order valence-corrected chi connectivity index (χ4v) is 5.33. The van der Waals surface area contributed by atoms with Crippen LogP contribution in [0.2, 0.25) is 0 Å². The first-order valence-corrected chi connectivity index (χ1v) is 12.8. The van der Waals surface area contributed by atoms with Gasteiger partial charge in [0.15, 0.2) is 0 Å². The Morgan fingerprint density at radius 3 is 2.60 bits per heavy atom. The molecule has 2 amide bonds. The monoisotopic (exact) mass is 484 g/mol. The Balaban J connectivity index is 1.40. The summed E-state index contributed by atoms with van der Waals surface area (Å²) in [5.41, 5.74) is 2.32. The van der Waals surface area contributed by atoms with Gasteiger partial charge in [-0.3, -0.25) is 14.5 Å². The first kappa shape index (κ1) is 23.2. The number of fused-ring (bicyclic) bond motifs is 1. The summed E-state index contributed by atoms with van der Waals surface area (Å²) >= 11 is 1.44. The van der Waals surface area contributed by atoms with Crippen molar-refractivity contribution in [2.75, 3.05) is 31.5 Å². The van der Waals surface area contributed by atoms with Crippen LogP contribution < -0.4 is 10.6 Å². The molecule has 2 N–H and O–H groups in total. The fourth-order valence-electron chi connectivity index (χ4n) is 4.58. The van der Waals surface area contributed by atoms with Crippen LogP contribution in [0.25, 0.3) is 21.2 Å². The highest BCUT2D eigenvalue weighted by Gasteiger charge is 2.31. The number of carbonyl (C=O) groups is 2. The van der Waals surface area contributed by atoms with Crippen molar-refractivity contribution in [3.8, 4) is 11.1 Å². The van der Waals surface area contributed by atoms with E-state index in [4.69, 9.17) is 0 Å². The van der Waals surface area contributed by atoms with Crippen LogP contribution >= 0.6 is 11.5 Å². The molecular formula is C28H28N4O2S. The molecule has 6 nitrogen and oxygen atoms in total. The zero-order chi connectivity index (χ0) is 24.0. The third-order valence-corrected chi connectivity index (χ3v) is 7.23. The second kappa shape index (κ2) is 10.8. The number of nitrogens with one attached hydrogen (secondary N) is 2. The molecule has 1 atom stereocenters. The van der Waals surface area contributed by atoms with Gasteiger partial charge in [0.1, 0.15) is 5.82 Å². The van der Waals surface area contributed by atoms with Crippen molar-refractivity contribution in [2.45, 2.75) is 12.8 Å². The first-order valence-electron chi connectivity index (χ1n) is 12.0. The number of hydrogen-bond donors (Lipinski definition) is 2. The summed E-state index contributed by atoms with van der Waals surface area (Å²) < 4.78 is 5.62. The van der Waals surface area contributed by atoms with E-state index in [1.165, 1.54) is 16.4 Å². The van der Waals surface area contributed by atoms with Crippen molar-refractivity contribution in [1.82, 2.24) is 14.6 Å². The Labute approximate surface area is 209 Å². The Kier molecular flexibility index (Phi) is 7.16. The van der Waals surface area contributed by atoms with Crippen molar-refractivity contribution in [3.05, 3.63) is 84.4 Å². The standard InChI is InChI=1S/C28H28N4O2S/c33-27(21-11-8-16-29-19-21)32(18-17-30-26-24-14-6-7-15-25(24)35-31-26)28(34)23-13-5-4-12-22(23)20-9-2-1-3-10-20/h1-7,9-10,12-15,21,29H,8,11,16-19H2,(H,30,31). The second-order valence-corrected chi connectivity index (χ2v) is 9.51. The number of nitrogens with zero attached hydrogens (tertiary/aromatic N) is 2. The van der Waals surface area contributed by atoms with Crippen LogP contribution in [0, 0.1) is 5.92 Å². The van der Waals surface area contributed by atoms with Gasteiger partial charge in [-0.15, -0.1) is 0 Å². The molecule has 0 saturated carbocycles. The van der Waals surface area contributed by atoms with Crippen molar-refractivity contribution >= 4 is 39.3 Å². The number of aromatic nitrogens is 1. The zero-order valence-electron chi connectivity index (χ0n) is 19.4. The maximum Gasteiger partial charge on any atom is 0.261 e. The number of benzene rings is 3. The van der Waals surface area contributed by atoms with Crippen molar-refractivity contribution < 1.29 is 9.59 Å². The Morgan fingerprint density at radius 2 is 1.77 bits per heavy atom. The molecular weight excluding hydrogens is 456 g/mol. The molecule has 0 aliphatic carbocycles. The van der Waals surface area contributed by atoms with Crippen LogP contribution in [0.15, 0.2) is 78.9 Å². The van der Waals surface area contributed by atoms with E-state index in [9.17, 15) is 9.59 Å². The summed E-state index contributed by atoms with van der Waals surface area (Å²) in [6.45, 7) is 2.21. The number of imide groups is 1. The van der Waals surface area contributed by atoms with Gasteiger partial charge in [0.05, 0.1) is 10.6 Å². The maximum atomic E-state index is 13.9. The van der Waals surface area contributed by atoms with Gasteiger partial charge >= 0.3 is 0 Å². The summed E-state index contributed by atoms with van der Waals surface area (Å²) in [6, 6.07) is 25.4. The molecule has 1 saturated heterocycles. The molecule has 178 valence electrons. The lowest BCUT2D eigenvalue weighted by Gasteiger charge is -2.29. The smallest absolute Gasteiger partial charge is 0.261 e. The van der Waals surface area contributed by atoms with Crippen LogP contribution in [0.5, 0.6) is 0 Å². The molecule has 1 fully saturated rings. The van der Waals surface area contributed by atoms with Gasteiger partial charge in [-0.1, -0.05) is 60.7 Å². The molecule has 4 aromatic rings. The average Bonchev–Trinajstić information content (AvgIpc) is 3.34. The van der Waals surface area contributed by atoms with E-state index < -0.39 is 0 Å². The van der Waals surface area contributed by atoms with Crippen molar-refractivity contribution in [3.63, 3.8) is 0 Å². The zero-order valence-corrected chi connectivity index (χ0v) is 20.3. The topological polar surface area (TPSA) is 74.3 Å². The van der Waals surface area contributed by atoms with Crippen molar-refractivity contribution in [1.29, 1.82) is 0 Å². The number of piperidine rings is 1. The molecule has 5 rings (SSSR count). The van der Waals surface area contributed by atoms with Gasteiger partial charge in [-0.05, 0) is 60.2 Å². The van der Waals surface area contributed by atoms with Crippen LogP contribution in [-0.2, 0) is 4.79 Å². The minimum atomic E-state index is -0.259. The average molecular weight is 485 g/mol. The van der Waals surface area contributed by atoms with Crippen molar-refractivity contribution in [2.24, 2.45) is 5.92 Å². The summed E-state index contributed by atoms with van der Waals surface area (Å²) in [4.78, 5) is 28.9. The highest BCUT2D eigenvalue weighted by Crippen LogP contribution is 2.27. The van der Waals surface area contributed by atoms with Gasteiger partial charge in [0.25, 0.3) is 5.91 Å². The van der Waals surface area contributed by atoms with Gasteiger partial charge < -0.3 is 10.6 Å². The van der Waals surface area contributed by atoms with Crippen LogP contribution in [0.4, 0.5) is 5.82 Å². The SMILES string of the molecule is O=C(c1ccccc1-c1ccccc1)N(CCNc1nsc2ccccc12)C(=O)C1CCCNC1. The molecule has 3 aromatic carbocycles. The third kappa shape index (κ3) is 5.11. The number of rotatable bonds is 7. The molecule has 1 aromatic heterocycles. The van der Waals surface area contributed by atoms with E-state index in [0.29, 0.717) is 18.7 Å². The molecule has 1 unspecified atom stereocenters. The summed E-state index contributed by atoms with van der Waals surface area (Å²) in [7, 11) is 0. The Hall–Kier alpha value is -3.55. The first-order chi connectivity index (χ1) is 17.2. The summed E-state index contributed by atoms with van der Waals surface area (Å²) in [5, 5.41) is 7.70. The molecule has 7 heteroatoms. The van der Waals surface area contributed by atoms with Gasteiger partial charge in [-0.2, -0.15) is 4.37 Å². The number of anilines is 1. The van der Waals surface area contributed by atoms with Crippen LogP contribution in [0.3, 0.4) is 0 Å². The molecule has 2 heterocycles. The minimum absolute atomic E-state index is 0.116. The van der Waals surface area contributed by atoms with Crippen LogP contribution in [-0.4, -0.2) is 47.3 Å². The Morgan fingerprint density at radius 1 is 1.00 bits per heavy atom. The van der Waals surface area contributed by atoms with E-state index in [1.54, 1.807) is 0 Å². The molecule has 35 heavy (non-hydrogen) atoms. The predicted molar refractivity (Wildman–Crippen MR) is 142 cm³/mol. The quantitative estimate of drug-likeness (QED) is 0.359. The van der Waals surface area contributed by atoms with Gasteiger partial charge in [0.2, 0.25) is 5.91 Å². The lowest BCUT2D eigenvalue weighted by atomic mass is 9.96. The normalized spacial score (nSPS) is 15.6. The molecule has 0 bridgehead atoms. The molecule has 0 radical (unpaired) electrons. The largest absolute Gasteiger partial charge is 0.367 e. The molecule has 0 spiro atoms. The lowest BCUT2D eigenvalue weighted by molar-refractivity contribution is -0.133. The predicted octanol–water partition coefficient (Wildman–Crippen LogP) is 5.04. The van der Waals surface area contributed by atoms with Crippen LogP contribution in [0.1, 0.15) is 23.2 Å². The highest BCUT2D eigenvalue weighted by molar-refractivity contribution is 7.13. The van der Waals surface area contributed by atoms with Gasteiger partial charge in [0, 0.05) is 30.6 Å². The third-order valence-electron chi connectivity index (χ3n) is 6.40. The second-order valence-electron chi connectivity index (χ2n) is 8.70. The van der Waals surface area contributed by atoms with E-state index in [-0.39, 0.29) is 24.3 Å². The summed E-state index contributed by atoms with van der Waals surface area (Å²) in [6.07, 6.45) is 1.72. The highest BCUT2D eigenvalue weighted by atomic mass is 32.1. The minimum Gasteiger partial charge on any atom is -0.367 e. The Bertz CT molecular complexity index is 1310. The van der Waals surface area contributed by atoms with Gasteiger partial charge in [-0.25, -0.2) is 0 Å². The fraction of sp³-hybridized carbons (Fsp3) is 0.250. The van der Waals surface area contributed by atoms with E-state index in [0.717, 1.165) is 46.4 Å².